The summed E-state index contributed by atoms with van der Waals surface area (Å²) in [7, 11) is 0. The normalized spacial score (nSPS) is 11.2. The smallest absolute Gasteiger partial charge is 0.320 e. The molecule has 0 radical (unpaired) electrons. The Bertz CT molecular complexity index is 1540. The predicted molar refractivity (Wildman–Crippen MR) is 130 cm³/mol. The third kappa shape index (κ3) is 4.01. The second-order valence-electron chi connectivity index (χ2n) is 7.78. The summed E-state index contributed by atoms with van der Waals surface area (Å²) in [6.45, 7) is 0.638. The maximum Gasteiger partial charge on any atom is 0.337 e. The molecule has 5 rings (SSSR count). The van der Waals surface area contributed by atoms with E-state index in [-0.39, 0.29) is 12.1 Å². The van der Waals surface area contributed by atoms with Gasteiger partial charge in [-0.2, -0.15) is 0 Å². The first-order valence-electron chi connectivity index (χ1n) is 10.7. The second kappa shape index (κ2) is 8.92. The van der Waals surface area contributed by atoms with Crippen LogP contribution in [0.2, 0.25) is 5.02 Å². The fourth-order valence-corrected chi connectivity index (χ4v) is 4.20. The average Bonchev–Trinajstić information content (AvgIpc) is 3.25. The van der Waals surface area contributed by atoms with Crippen molar-refractivity contribution in [2.24, 2.45) is 0 Å². The van der Waals surface area contributed by atoms with Gasteiger partial charge in [0, 0.05) is 11.6 Å². The van der Waals surface area contributed by atoms with Gasteiger partial charge in [0.25, 0.3) is 5.56 Å². The Hall–Kier alpha value is -3.90. The summed E-state index contributed by atoms with van der Waals surface area (Å²) in [6.07, 6.45) is 2.16. The zero-order valence-corrected chi connectivity index (χ0v) is 18.5. The number of aromatic nitrogens is 4. The van der Waals surface area contributed by atoms with Crippen LogP contribution in [0.4, 0.5) is 0 Å². The molecule has 0 spiro atoms. The number of aryl methyl sites for hydroxylation is 1. The van der Waals surface area contributed by atoms with Gasteiger partial charge < -0.3 is 4.57 Å². The van der Waals surface area contributed by atoms with Crippen LogP contribution < -0.4 is 11.2 Å². The van der Waals surface area contributed by atoms with E-state index in [2.05, 4.69) is 4.98 Å². The summed E-state index contributed by atoms with van der Waals surface area (Å²) >= 11 is 6.36. The van der Waals surface area contributed by atoms with Gasteiger partial charge in [-0.1, -0.05) is 78.3 Å². The van der Waals surface area contributed by atoms with Crippen LogP contribution in [-0.4, -0.2) is 18.7 Å². The molecule has 2 aromatic heterocycles. The van der Waals surface area contributed by atoms with Gasteiger partial charge in [-0.15, -0.1) is 0 Å². The van der Waals surface area contributed by atoms with E-state index >= 15 is 0 Å². The SMILES string of the molecule is O=c1c2c(ncn2Cc2ccccc2Cl)n(-c2ccccc2)c(=O)n1CCc1ccccc1. The summed E-state index contributed by atoms with van der Waals surface area (Å²) in [5.74, 6) is 0. The maximum atomic E-state index is 13.6. The molecule has 33 heavy (non-hydrogen) atoms. The fourth-order valence-electron chi connectivity index (χ4n) is 4.00. The maximum absolute atomic E-state index is 13.6. The number of para-hydroxylation sites is 1. The average molecular weight is 457 g/mol. The number of nitrogens with zero attached hydrogens (tertiary/aromatic N) is 4. The number of halogens is 1. The summed E-state index contributed by atoms with van der Waals surface area (Å²) in [5.41, 5.74) is 2.51. The number of imidazole rings is 1. The lowest BCUT2D eigenvalue weighted by atomic mass is 10.1. The van der Waals surface area contributed by atoms with Crippen molar-refractivity contribution < 1.29 is 0 Å². The van der Waals surface area contributed by atoms with Crippen molar-refractivity contribution in [3.8, 4) is 5.69 Å². The van der Waals surface area contributed by atoms with E-state index in [0.29, 0.717) is 34.8 Å². The Kier molecular flexibility index (Phi) is 5.67. The van der Waals surface area contributed by atoms with Gasteiger partial charge in [-0.05, 0) is 35.7 Å². The van der Waals surface area contributed by atoms with Gasteiger partial charge in [-0.25, -0.2) is 14.3 Å². The summed E-state index contributed by atoms with van der Waals surface area (Å²) in [6, 6.07) is 26.6. The zero-order chi connectivity index (χ0) is 22.8. The van der Waals surface area contributed by atoms with E-state index in [9.17, 15) is 9.59 Å². The Morgan fingerprint density at radius 3 is 2.21 bits per heavy atom. The lowest BCUT2D eigenvalue weighted by Gasteiger charge is -2.13. The molecule has 7 heteroatoms. The van der Waals surface area contributed by atoms with Crippen LogP contribution in [-0.2, 0) is 19.5 Å². The molecule has 0 saturated heterocycles. The molecule has 5 aromatic rings. The van der Waals surface area contributed by atoms with Crippen LogP contribution >= 0.6 is 11.6 Å². The first-order valence-corrected chi connectivity index (χ1v) is 11.0. The molecule has 2 heterocycles. The number of fused-ring (bicyclic) bond motifs is 1. The number of hydrogen-bond donors (Lipinski definition) is 0. The van der Waals surface area contributed by atoms with Crippen molar-refractivity contribution in [1.29, 1.82) is 0 Å². The molecule has 0 atom stereocenters. The van der Waals surface area contributed by atoms with E-state index in [0.717, 1.165) is 11.1 Å². The highest BCUT2D eigenvalue weighted by atomic mass is 35.5. The van der Waals surface area contributed by atoms with Crippen molar-refractivity contribution in [3.63, 3.8) is 0 Å². The monoisotopic (exact) mass is 456 g/mol. The molecule has 164 valence electrons. The highest BCUT2D eigenvalue weighted by Gasteiger charge is 2.19. The minimum atomic E-state index is -0.405. The van der Waals surface area contributed by atoms with Crippen LogP contribution in [0.5, 0.6) is 0 Å². The molecule has 0 bridgehead atoms. The minimum Gasteiger partial charge on any atom is -0.320 e. The van der Waals surface area contributed by atoms with Crippen molar-refractivity contribution in [3.05, 3.63) is 128 Å². The topological polar surface area (TPSA) is 61.8 Å². The molecule has 0 fully saturated rings. The molecule has 0 aliphatic heterocycles. The standard InChI is InChI=1S/C26H21ClN4O2/c27-22-14-8-7-11-20(22)17-29-18-28-24-23(29)25(32)30(16-15-19-9-3-1-4-10-19)26(33)31(24)21-12-5-2-6-13-21/h1-14,18H,15-17H2. The number of rotatable bonds is 6. The number of benzene rings is 3. The number of hydrogen-bond acceptors (Lipinski definition) is 3. The molecule has 3 aromatic carbocycles. The Labute approximate surface area is 195 Å². The Morgan fingerprint density at radius 2 is 1.48 bits per heavy atom. The van der Waals surface area contributed by atoms with Crippen LogP contribution in [0.1, 0.15) is 11.1 Å². The molecular formula is C26H21ClN4O2. The van der Waals surface area contributed by atoms with E-state index in [1.165, 1.54) is 9.13 Å². The lowest BCUT2D eigenvalue weighted by molar-refractivity contribution is 0.615. The van der Waals surface area contributed by atoms with Gasteiger partial charge in [0.2, 0.25) is 0 Å². The van der Waals surface area contributed by atoms with Gasteiger partial charge in [-0.3, -0.25) is 9.36 Å². The summed E-state index contributed by atoms with van der Waals surface area (Å²) < 4.78 is 4.56. The van der Waals surface area contributed by atoms with Crippen molar-refractivity contribution >= 4 is 22.8 Å². The van der Waals surface area contributed by atoms with Crippen LogP contribution in [0, 0.1) is 0 Å². The van der Waals surface area contributed by atoms with Crippen molar-refractivity contribution in [1.82, 2.24) is 18.7 Å². The van der Waals surface area contributed by atoms with Gasteiger partial charge in [0.1, 0.15) is 0 Å². The van der Waals surface area contributed by atoms with Crippen LogP contribution in [0.15, 0.2) is 101 Å². The largest absolute Gasteiger partial charge is 0.337 e. The third-order valence-electron chi connectivity index (χ3n) is 5.68. The third-order valence-corrected chi connectivity index (χ3v) is 6.05. The zero-order valence-electron chi connectivity index (χ0n) is 17.8. The van der Waals surface area contributed by atoms with Crippen LogP contribution in [0.3, 0.4) is 0 Å². The van der Waals surface area contributed by atoms with Crippen LogP contribution in [0.25, 0.3) is 16.9 Å². The predicted octanol–water partition coefficient (Wildman–Crippen LogP) is 4.29. The molecule has 6 nitrogen and oxygen atoms in total. The second-order valence-corrected chi connectivity index (χ2v) is 8.19. The first kappa shape index (κ1) is 21.0. The lowest BCUT2D eigenvalue weighted by Crippen LogP contribution is -2.40. The fraction of sp³-hybridized carbons (Fsp3) is 0.115. The van der Waals surface area contributed by atoms with E-state index in [4.69, 9.17) is 11.6 Å². The van der Waals surface area contributed by atoms with Gasteiger partial charge in [0.15, 0.2) is 11.2 Å². The first-order chi connectivity index (χ1) is 16.1. The molecule has 0 aliphatic rings. The molecule has 0 saturated carbocycles. The summed E-state index contributed by atoms with van der Waals surface area (Å²) in [4.78, 5) is 31.5. The quantitative estimate of drug-likeness (QED) is 0.383. The van der Waals surface area contributed by atoms with Gasteiger partial charge in [0.05, 0.1) is 18.6 Å². The highest BCUT2D eigenvalue weighted by Crippen LogP contribution is 2.19. The van der Waals surface area contributed by atoms with E-state index in [1.807, 2.05) is 84.9 Å². The van der Waals surface area contributed by atoms with Gasteiger partial charge >= 0.3 is 5.69 Å². The van der Waals surface area contributed by atoms with E-state index < -0.39 is 5.69 Å². The summed E-state index contributed by atoms with van der Waals surface area (Å²) in [5, 5.41) is 0.611. The van der Waals surface area contributed by atoms with Crippen molar-refractivity contribution in [2.75, 3.05) is 0 Å². The molecular weight excluding hydrogens is 436 g/mol. The highest BCUT2D eigenvalue weighted by molar-refractivity contribution is 6.31. The minimum absolute atomic E-state index is 0.266. The van der Waals surface area contributed by atoms with E-state index in [1.54, 1.807) is 10.9 Å². The molecule has 0 aliphatic carbocycles. The molecule has 0 amide bonds. The molecule has 0 N–H and O–H groups in total. The molecule has 0 unspecified atom stereocenters. The van der Waals surface area contributed by atoms with Crippen molar-refractivity contribution in [2.45, 2.75) is 19.5 Å². The Morgan fingerprint density at radius 1 is 0.818 bits per heavy atom. The Balaban J connectivity index is 1.69.